The van der Waals surface area contributed by atoms with E-state index in [0.29, 0.717) is 0 Å². The van der Waals surface area contributed by atoms with Crippen molar-refractivity contribution in [3.05, 3.63) is 64.7 Å². The van der Waals surface area contributed by atoms with E-state index >= 15 is 0 Å². The zero-order valence-corrected chi connectivity index (χ0v) is 15.6. The van der Waals surface area contributed by atoms with Crippen LogP contribution in [0, 0.1) is 5.92 Å². The predicted molar refractivity (Wildman–Crippen MR) is 103 cm³/mol. The van der Waals surface area contributed by atoms with Gasteiger partial charge in [0.25, 0.3) is 0 Å². The third kappa shape index (κ3) is 3.31. The molecule has 1 saturated heterocycles. The molecule has 1 heterocycles. The summed E-state index contributed by atoms with van der Waals surface area (Å²) in [5.74, 6) is 1.42. The summed E-state index contributed by atoms with van der Waals surface area (Å²) < 4.78 is 5.53. The fraction of sp³-hybridized carbons (Fsp3) is 0.381. The summed E-state index contributed by atoms with van der Waals surface area (Å²) >= 11 is 6.11. The van der Waals surface area contributed by atoms with E-state index in [9.17, 15) is 4.79 Å². The predicted octanol–water partition coefficient (Wildman–Crippen LogP) is 3.63. The lowest BCUT2D eigenvalue weighted by atomic mass is 10.0. The molecule has 4 nitrogen and oxygen atoms in total. The topological polar surface area (TPSA) is 41.6 Å². The number of rotatable bonds is 4. The van der Waals surface area contributed by atoms with Crippen LogP contribution in [-0.4, -0.2) is 37.6 Å². The summed E-state index contributed by atoms with van der Waals surface area (Å²) in [7, 11) is 1.68. The number of hydrogen-bond acceptors (Lipinski definition) is 3. The summed E-state index contributed by atoms with van der Waals surface area (Å²) in [6, 6.07) is 15.9. The van der Waals surface area contributed by atoms with Crippen LogP contribution in [0.15, 0.2) is 48.5 Å². The maximum atomic E-state index is 13.2. The number of halogens is 1. The number of benzene rings is 2. The minimum absolute atomic E-state index is 0.00742. The molecule has 1 aliphatic carbocycles. The van der Waals surface area contributed by atoms with Crippen molar-refractivity contribution in [3.8, 4) is 5.75 Å². The van der Waals surface area contributed by atoms with E-state index in [-0.39, 0.29) is 23.8 Å². The van der Waals surface area contributed by atoms with Gasteiger partial charge in [-0.15, -0.1) is 0 Å². The van der Waals surface area contributed by atoms with Crippen LogP contribution in [0.25, 0.3) is 0 Å². The van der Waals surface area contributed by atoms with Gasteiger partial charge in [-0.1, -0.05) is 41.9 Å². The zero-order valence-electron chi connectivity index (χ0n) is 14.8. The van der Waals surface area contributed by atoms with Gasteiger partial charge in [0.05, 0.1) is 13.2 Å². The Balaban J connectivity index is 1.54. The highest BCUT2D eigenvalue weighted by molar-refractivity contribution is 6.30. The molecule has 5 heteroatoms. The molecule has 2 aromatic rings. The zero-order chi connectivity index (χ0) is 18.1. The normalized spacial score (nSPS) is 25.0. The van der Waals surface area contributed by atoms with Crippen LogP contribution in [-0.2, 0) is 4.79 Å². The largest absolute Gasteiger partial charge is 0.496 e. The van der Waals surface area contributed by atoms with E-state index < -0.39 is 0 Å². The molecule has 3 atom stereocenters. The van der Waals surface area contributed by atoms with E-state index in [0.717, 1.165) is 42.4 Å². The SMILES string of the molecule is COc1ccccc1C1CNCCN1C(=O)C1CC1c1cccc(Cl)c1. The Morgan fingerprint density at radius 3 is 2.88 bits per heavy atom. The van der Waals surface area contributed by atoms with Crippen LogP contribution in [0.2, 0.25) is 5.02 Å². The third-order valence-corrected chi connectivity index (χ3v) is 5.64. The molecule has 0 spiro atoms. The second-order valence-corrected chi connectivity index (χ2v) is 7.43. The molecule has 3 unspecified atom stereocenters. The number of piperazine rings is 1. The first-order chi connectivity index (χ1) is 12.7. The second kappa shape index (κ2) is 7.29. The van der Waals surface area contributed by atoms with Crippen LogP contribution in [0.1, 0.15) is 29.5 Å². The summed E-state index contributed by atoms with van der Waals surface area (Å²) in [6.45, 7) is 2.30. The number of nitrogens with zero attached hydrogens (tertiary/aromatic N) is 1. The molecular weight excluding hydrogens is 348 g/mol. The minimum atomic E-state index is 0.00742. The molecule has 26 heavy (non-hydrogen) atoms. The average molecular weight is 371 g/mol. The number of nitrogens with one attached hydrogen (secondary N) is 1. The van der Waals surface area contributed by atoms with Crippen LogP contribution < -0.4 is 10.1 Å². The lowest BCUT2D eigenvalue weighted by Gasteiger charge is -2.37. The van der Waals surface area contributed by atoms with Crippen molar-refractivity contribution in [2.45, 2.75) is 18.4 Å². The molecule has 2 aliphatic rings. The number of para-hydroxylation sites is 1. The van der Waals surface area contributed by atoms with Crippen molar-refractivity contribution in [1.82, 2.24) is 10.2 Å². The Kier molecular flexibility index (Phi) is 4.88. The van der Waals surface area contributed by atoms with Crippen molar-refractivity contribution in [3.63, 3.8) is 0 Å². The average Bonchev–Trinajstić information content (AvgIpc) is 3.48. The van der Waals surface area contributed by atoms with Crippen molar-refractivity contribution in [1.29, 1.82) is 0 Å². The van der Waals surface area contributed by atoms with Gasteiger partial charge in [0, 0.05) is 36.1 Å². The molecule has 1 amide bonds. The number of hydrogen-bond donors (Lipinski definition) is 1. The van der Waals surface area contributed by atoms with Crippen LogP contribution >= 0.6 is 11.6 Å². The Morgan fingerprint density at radius 2 is 2.08 bits per heavy atom. The van der Waals surface area contributed by atoms with Gasteiger partial charge in [-0.3, -0.25) is 4.79 Å². The first kappa shape index (κ1) is 17.4. The van der Waals surface area contributed by atoms with E-state index in [2.05, 4.69) is 17.4 Å². The fourth-order valence-corrected chi connectivity index (χ4v) is 4.17. The van der Waals surface area contributed by atoms with Gasteiger partial charge in [0.1, 0.15) is 5.75 Å². The van der Waals surface area contributed by atoms with E-state index in [1.807, 2.05) is 41.3 Å². The monoisotopic (exact) mass is 370 g/mol. The van der Waals surface area contributed by atoms with Gasteiger partial charge in [0.2, 0.25) is 5.91 Å². The van der Waals surface area contributed by atoms with E-state index in [1.165, 1.54) is 5.56 Å². The Hall–Kier alpha value is -2.04. The molecule has 0 radical (unpaired) electrons. The summed E-state index contributed by atoms with van der Waals surface area (Å²) in [5, 5.41) is 4.14. The summed E-state index contributed by atoms with van der Waals surface area (Å²) in [6.07, 6.45) is 0.905. The minimum Gasteiger partial charge on any atom is -0.496 e. The molecule has 0 bridgehead atoms. The van der Waals surface area contributed by atoms with Gasteiger partial charge in [-0.25, -0.2) is 0 Å². The van der Waals surface area contributed by atoms with Gasteiger partial charge in [-0.05, 0) is 36.1 Å². The van der Waals surface area contributed by atoms with Gasteiger partial charge in [0.15, 0.2) is 0 Å². The van der Waals surface area contributed by atoms with Gasteiger partial charge in [-0.2, -0.15) is 0 Å². The lowest BCUT2D eigenvalue weighted by Crippen LogP contribution is -2.49. The smallest absolute Gasteiger partial charge is 0.226 e. The standard InChI is InChI=1S/C21H23ClN2O2/c1-26-20-8-3-2-7-16(20)19-13-23-9-10-24(19)21(25)18-12-17(18)14-5-4-6-15(22)11-14/h2-8,11,17-19,23H,9-10,12-13H2,1H3. The van der Waals surface area contributed by atoms with E-state index in [4.69, 9.17) is 16.3 Å². The molecular formula is C21H23ClN2O2. The van der Waals surface area contributed by atoms with Crippen molar-refractivity contribution in [2.75, 3.05) is 26.7 Å². The Morgan fingerprint density at radius 1 is 1.23 bits per heavy atom. The molecule has 4 rings (SSSR count). The Labute approximate surface area is 159 Å². The number of carbonyl (C=O) groups is 1. The van der Waals surface area contributed by atoms with Crippen LogP contribution in [0.4, 0.5) is 0 Å². The molecule has 1 N–H and O–H groups in total. The van der Waals surface area contributed by atoms with Gasteiger partial charge >= 0.3 is 0 Å². The number of ether oxygens (including phenoxy) is 1. The molecule has 1 saturated carbocycles. The fourth-order valence-electron chi connectivity index (χ4n) is 3.97. The number of carbonyl (C=O) groups excluding carboxylic acids is 1. The van der Waals surface area contributed by atoms with Crippen molar-refractivity contribution in [2.24, 2.45) is 5.92 Å². The summed E-state index contributed by atoms with van der Waals surface area (Å²) in [5.41, 5.74) is 2.23. The maximum absolute atomic E-state index is 13.2. The van der Waals surface area contributed by atoms with Crippen molar-refractivity contribution < 1.29 is 9.53 Å². The number of methoxy groups -OCH3 is 1. The van der Waals surface area contributed by atoms with Gasteiger partial charge < -0.3 is 15.0 Å². The molecule has 136 valence electrons. The summed E-state index contributed by atoms with van der Waals surface area (Å²) in [4.78, 5) is 15.3. The second-order valence-electron chi connectivity index (χ2n) is 7.00. The highest BCUT2D eigenvalue weighted by Crippen LogP contribution is 2.49. The Bertz CT molecular complexity index is 810. The molecule has 1 aliphatic heterocycles. The van der Waals surface area contributed by atoms with Crippen LogP contribution in [0.3, 0.4) is 0 Å². The highest BCUT2D eigenvalue weighted by atomic mass is 35.5. The van der Waals surface area contributed by atoms with Crippen LogP contribution in [0.5, 0.6) is 5.75 Å². The lowest BCUT2D eigenvalue weighted by molar-refractivity contribution is -0.136. The maximum Gasteiger partial charge on any atom is 0.226 e. The third-order valence-electron chi connectivity index (χ3n) is 5.41. The molecule has 2 aromatic carbocycles. The number of amides is 1. The first-order valence-corrected chi connectivity index (χ1v) is 9.46. The quantitative estimate of drug-likeness (QED) is 0.893. The first-order valence-electron chi connectivity index (χ1n) is 9.08. The molecule has 2 fully saturated rings. The molecule has 0 aromatic heterocycles. The van der Waals surface area contributed by atoms with Crippen molar-refractivity contribution >= 4 is 17.5 Å². The van der Waals surface area contributed by atoms with E-state index in [1.54, 1.807) is 7.11 Å². The highest BCUT2D eigenvalue weighted by Gasteiger charge is 2.47.